The second-order valence-corrected chi connectivity index (χ2v) is 6.66. The van der Waals surface area contributed by atoms with Gasteiger partial charge < -0.3 is 9.31 Å². The summed E-state index contributed by atoms with van der Waals surface area (Å²) in [5, 5.41) is 0. The van der Waals surface area contributed by atoms with Crippen LogP contribution < -0.4 is 0 Å². The summed E-state index contributed by atoms with van der Waals surface area (Å²) in [6.45, 7) is 20.3. The fourth-order valence-electron chi connectivity index (χ4n) is 1.90. The Hall–Kier alpha value is -0.795. The molecule has 1 fully saturated rings. The summed E-state index contributed by atoms with van der Waals surface area (Å²) in [6.07, 6.45) is 3.83. The van der Waals surface area contributed by atoms with Crippen molar-refractivity contribution in [3.63, 3.8) is 0 Å². The topological polar surface area (TPSA) is 18.5 Å². The van der Waals surface area contributed by atoms with E-state index in [-0.39, 0.29) is 18.3 Å². The summed E-state index contributed by atoms with van der Waals surface area (Å²) in [5.41, 5.74) is 2.80. The molecule has 1 aliphatic heterocycles. The van der Waals surface area contributed by atoms with Crippen molar-refractivity contribution in [3.05, 3.63) is 35.9 Å². The van der Waals surface area contributed by atoms with Crippen molar-refractivity contribution in [2.75, 3.05) is 0 Å². The van der Waals surface area contributed by atoms with Gasteiger partial charge in [-0.1, -0.05) is 30.4 Å². The number of hydrogen-bond acceptors (Lipinski definition) is 2. The van der Waals surface area contributed by atoms with E-state index in [0.717, 1.165) is 29.5 Å². The second-order valence-electron chi connectivity index (χ2n) is 6.66. The van der Waals surface area contributed by atoms with E-state index in [2.05, 4.69) is 46.9 Å². The zero-order chi connectivity index (χ0) is 14.8. The molecule has 0 aromatic heterocycles. The molecular formula is C16H27BO2. The van der Waals surface area contributed by atoms with Gasteiger partial charge in [0.25, 0.3) is 0 Å². The van der Waals surface area contributed by atoms with Crippen LogP contribution in [0, 0.1) is 0 Å². The minimum absolute atomic E-state index is 0.277. The maximum atomic E-state index is 6.10. The molecule has 1 heterocycles. The molecule has 0 aliphatic carbocycles. The van der Waals surface area contributed by atoms with Crippen LogP contribution in [0.1, 0.15) is 54.4 Å². The van der Waals surface area contributed by atoms with Gasteiger partial charge in [-0.05, 0) is 59.9 Å². The van der Waals surface area contributed by atoms with Crippen LogP contribution in [-0.4, -0.2) is 18.3 Å². The van der Waals surface area contributed by atoms with E-state index >= 15 is 0 Å². The van der Waals surface area contributed by atoms with Gasteiger partial charge in [0.1, 0.15) is 0 Å². The van der Waals surface area contributed by atoms with E-state index in [1.165, 1.54) is 0 Å². The van der Waals surface area contributed by atoms with Crippen molar-refractivity contribution in [2.45, 2.75) is 65.6 Å². The largest absolute Gasteiger partial charge is 0.490 e. The molecule has 0 unspecified atom stereocenters. The van der Waals surface area contributed by atoms with Gasteiger partial charge in [0.2, 0.25) is 0 Å². The van der Waals surface area contributed by atoms with E-state index in [9.17, 15) is 0 Å². The van der Waals surface area contributed by atoms with Crippen LogP contribution in [0.4, 0.5) is 0 Å². The molecule has 2 nitrogen and oxygen atoms in total. The van der Waals surface area contributed by atoms with Crippen LogP contribution >= 0.6 is 0 Å². The first-order valence-corrected chi connectivity index (χ1v) is 6.88. The van der Waals surface area contributed by atoms with Crippen molar-refractivity contribution >= 4 is 7.12 Å². The molecule has 0 N–H and O–H groups in total. The average molecular weight is 262 g/mol. The van der Waals surface area contributed by atoms with Crippen LogP contribution in [0.3, 0.4) is 0 Å². The second kappa shape index (κ2) is 5.68. The standard InChI is InChI=1S/C16H27BO2/c1-12(2)9-10-14(11-13(3)4)17-18-15(5,6)16(7,8)19-17/h10H,1,3,9,11H2,2,4-8H3/b14-10+. The first-order chi connectivity index (χ1) is 8.55. The summed E-state index contributed by atoms with van der Waals surface area (Å²) in [5.74, 6) is 0. The molecule has 0 radical (unpaired) electrons. The molecule has 106 valence electrons. The summed E-state index contributed by atoms with van der Waals surface area (Å²) in [6, 6.07) is 0. The van der Waals surface area contributed by atoms with Crippen molar-refractivity contribution in [1.82, 2.24) is 0 Å². The zero-order valence-corrected chi connectivity index (χ0v) is 13.3. The third kappa shape index (κ3) is 4.08. The van der Waals surface area contributed by atoms with Gasteiger partial charge in [0.15, 0.2) is 0 Å². The monoisotopic (exact) mass is 262 g/mol. The molecule has 0 atom stereocenters. The van der Waals surface area contributed by atoms with Crippen molar-refractivity contribution in [3.8, 4) is 0 Å². The lowest BCUT2D eigenvalue weighted by molar-refractivity contribution is 0.00578. The zero-order valence-electron chi connectivity index (χ0n) is 13.3. The Balaban J connectivity index is 2.92. The van der Waals surface area contributed by atoms with Gasteiger partial charge in [-0.15, -0.1) is 0 Å². The smallest absolute Gasteiger partial charge is 0.400 e. The van der Waals surface area contributed by atoms with E-state index in [1.54, 1.807) is 0 Å². The summed E-state index contributed by atoms with van der Waals surface area (Å²) in [4.78, 5) is 0. The van der Waals surface area contributed by atoms with E-state index < -0.39 is 0 Å². The Labute approximate surface area is 118 Å². The highest BCUT2D eigenvalue weighted by Crippen LogP contribution is 2.39. The summed E-state index contributed by atoms with van der Waals surface area (Å²) >= 11 is 0. The van der Waals surface area contributed by atoms with Gasteiger partial charge in [-0.25, -0.2) is 0 Å². The molecule has 0 aromatic rings. The maximum absolute atomic E-state index is 6.10. The maximum Gasteiger partial charge on any atom is 0.490 e. The fourth-order valence-corrected chi connectivity index (χ4v) is 1.90. The first-order valence-electron chi connectivity index (χ1n) is 6.88. The molecule has 1 rings (SSSR count). The Bertz CT molecular complexity index is 389. The Kier molecular flexibility index (Phi) is 4.86. The van der Waals surface area contributed by atoms with E-state index in [0.29, 0.717) is 0 Å². The predicted molar refractivity (Wildman–Crippen MR) is 83.0 cm³/mol. The Morgan fingerprint density at radius 2 is 1.47 bits per heavy atom. The van der Waals surface area contributed by atoms with Crippen LogP contribution in [0.2, 0.25) is 0 Å². The molecule has 1 saturated heterocycles. The van der Waals surface area contributed by atoms with Crippen LogP contribution in [0.15, 0.2) is 35.9 Å². The number of hydrogen-bond donors (Lipinski definition) is 0. The molecule has 3 heteroatoms. The summed E-state index contributed by atoms with van der Waals surface area (Å²) < 4.78 is 12.2. The van der Waals surface area contributed by atoms with Crippen molar-refractivity contribution < 1.29 is 9.31 Å². The molecule has 0 bridgehead atoms. The van der Waals surface area contributed by atoms with Gasteiger partial charge in [-0.3, -0.25) is 0 Å². The van der Waals surface area contributed by atoms with E-state index in [4.69, 9.17) is 9.31 Å². The third-order valence-electron chi connectivity index (χ3n) is 3.77. The van der Waals surface area contributed by atoms with Crippen molar-refractivity contribution in [1.29, 1.82) is 0 Å². The highest BCUT2D eigenvalue weighted by Gasteiger charge is 2.52. The van der Waals surface area contributed by atoms with Crippen LogP contribution in [0.25, 0.3) is 0 Å². The Morgan fingerprint density at radius 3 is 1.84 bits per heavy atom. The minimum Gasteiger partial charge on any atom is -0.400 e. The Morgan fingerprint density at radius 1 is 1.00 bits per heavy atom. The van der Waals surface area contributed by atoms with Gasteiger partial charge in [0, 0.05) is 0 Å². The summed E-state index contributed by atoms with van der Waals surface area (Å²) in [7, 11) is -0.277. The van der Waals surface area contributed by atoms with Crippen LogP contribution in [0.5, 0.6) is 0 Å². The highest BCUT2D eigenvalue weighted by molar-refractivity contribution is 6.54. The first kappa shape index (κ1) is 16.3. The lowest BCUT2D eigenvalue weighted by atomic mass is 9.74. The normalized spacial score (nSPS) is 21.6. The lowest BCUT2D eigenvalue weighted by Crippen LogP contribution is -2.41. The van der Waals surface area contributed by atoms with Gasteiger partial charge in [-0.2, -0.15) is 0 Å². The van der Waals surface area contributed by atoms with Crippen molar-refractivity contribution in [2.24, 2.45) is 0 Å². The van der Waals surface area contributed by atoms with Crippen LogP contribution in [-0.2, 0) is 9.31 Å². The quantitative estimate of drug-likeness (QED) is 0.537. The average Bonchev–Trinajstić information content (AvgIpc) is 2.42. The number of allylic oxidation sites excluding steroid dienone is 4. The van der Waals surface area contributed by atoms with E-state index in [1.807, 2.05) is 13.8 Å². The van der Waals surface area contributed by atoms with Gasteiger partial charge >= 0.3 is 7.12 Å². The molecular weight excluding hydrogens is 235 g/mol. The van der Waals surface area contributed by atoms with Gasteiger partial charge in [0.05, 0.1) is 11.2 Å². The highest BCUT2D eigenvalue weighted by atomic mass is 16.7. The third-order valence-corrected chi connectivity index (χ3v) is 3.77. The number of rotatable bonds is 5. The fraction of sp³-hybridized carbons (Fsp3) is 0.625. The predicted octanol–water partition coefficient (Wildman–Crippen LogP) is 4.48. The molecule has 1 aliphatic rings. The lowest BCUT2D eigenvalue weighted by Gasteiger charge is -2.32. The molecule has 19 heavy (non-hydrogen) atoms. The SMILES string of the molecule is C=C(C)C/C=C(\CC(=C)C)B1OC(C)(C)C(C)(C)O1. The molecule has 0 saturated carbocycles. The minimum atomic E-state index is -0.297. The molecule has 0 spiro atoms. The molecule has 0 amide bonds. The molecule has 0 aromatic carbocycles.